The van der Waals surface area contributed by atoms with Crippen molar-refractivity contribution in [3.8, 4) is 5.88 Å². The molecule has 1 aromatic carbocycles. The summed E-state index contributed by atoms with van der Waals surface area (Å²) < 4.78 is 7.26. The minimum absolute atomic E-state index is 0.0457. The van der Waals surface area contributed by atoms with E-state index in [1.807, 2.05) is 29.1 Å². The van der Waals surface area contributed by atoms with Crippen molar-refractivity contribution >= 4 is 5.91 Å². The predicted molar refractivity (Wildman–Crippen MR) is 102 cm³/mol. The average Bonchev–Trinajstić information content (AvgIpc) is 3.12. The second kappa shape index (κ2) is 7.61. The normalized spacial score (nSPS) is 15.8. The Kier molecular flexibility index (Phi) is 4.87. The summed E-state index contributed by atoms with van der Waals surface area (Å²) in [7, 11) is 1.52. The van der Waals surface area contributed by atoms with Gasteiger partial charge in [0.05, 0.1) is 25.9 Å². The van der Waals surface area contributed by atoms with E-state index in [4.69, 9.17) is 4.74 Å². The number of hydrogen-bond acceptors (Lipinski definition) is 4. The molecule has 1 aliphatic carbocycles. The van der Waals surface area contributed by atoms with Gasteiger partial charge in [-0.2, -0.15) is 5.10 Å². The largest absolute Gasteiger partial charge is 0.480 e. The first-order valence-corrected chi connectivity index (χ1v) is 9.14. The van der Waals surface area contributed by atoms with Gasteiger partial charge < -0.3 is 10.1 Å². The number of ether oxygens (including phenoxy) is 1. The van der Waals surface area contributed by atoms with Crippen molar-refractivity contribution in [2.75, 3.05) is 7.11 Å². The second-order valence-electron chi connectivity index (χ2n) is 6.67. The zero-order chi connectivity index (χ0) is 18.6. The van der Waals surface area contributed by atoms with Gasteiger partial charge in [0.25, 0.3) is 5.91 Å². The van der Waals surface area contributed by atoms with Crippen molar-refractivity contribution < 1.29 is 9.53 Å². The van der Waals surface area contributed by atoms with Crippen LogP contribution in [-0.2, 0) is 13.0 Å². The Balaban J connectivity index is 1.54. The highest BCUT2D eigenvalue weighted by Gasteiger charge is 2.26. The minimum atomic E-state index is -0.173. The number of carbonyl (C=O) groups is 1. The van der Waals surface area contributed by atoms with E-state index in [1.165, 1.54) is 18.4 Å². The molecule has 0 aliphatic heterocycles. The molecule has 4 rings (SSSR count). The van der Waals surface area contributed by atoms with Crippen LogP contribution in [0.4, 0.5) is 0 Å². The lowest BCUT2D eigenvalue weighted by atomic mass is 9.92. The van der Waals surface area contributed by atoms with Crippen LogP contribution in [0.25, 0.3) is 0 Å². The summed E-state index contributed by atoms with van der Waals surface area (Å²) in [4.78, 5) is 16.8. The molecule has 2 heterocycles. The van der Waals surface area contributed by atoms with Crippen molar-refractivity contribution in [2.24, 2.45) is 0 Å². The standard InChI is InChI=1S/C21H22N4O2/c1-27-21-16(9-6-12-22-21)20(26)24-18-10-5-11-19-17(18)13-23-25(19)14-15-7-3-2-4-8-15/h2-4,6-9,12-13,18H,5,10-11,14H2,1H3,(H,24,26)/t18-/m1/s1. The molecule has 0 radical (unpaired) electrons. The summed E-state index contributed by atoms with van der Waals surface area (Å²) >= 11 is 0. The van der Waals surface area contributed by atoms with Crippen LogP contribution < -0.4 is 10.1 Å². The van der Waals surface area contributed by atoms with Gasteiger partial charge in [-0.15, -0.1) is 0 Å². The maximum absolute atomic E-state index is 12.7. The van der Waals surface area contributed by atoms with Gasteiger partial charge >= 0.3 is 0 Å². The van der Waals surface area contributed by atoms with Crippen molar-refractivity contribution in [3.05, 3.63) is 77.2 Å². The minimum Gasteiger partial charge on any atom is -0.480 e. The summed E-state index contributed by atoms with van der Waals surface area (Å²) in [6.45, 7) is 0.743. The number of nitrogens with one attached hydrogen (secondary N) is 1. The smallest absolute Gasteiger partial charge is 0.257 e. The Hall–Kier alpha value is -3.15. The molecule has 2 aromatic heterocycles. The molecule has 27 heavy (non-hydrogen) atoms. The van der Waals surface area contributed by atoms with E-state index >= 15 is 0 Å². The van der Waals surface area contributed by atoms with Gasteiger partial charge in [-0.3, -0.25) is 9.48 Å². The first-order chi connectivity index (χ1) is 13.3. The molecule has 138 valence electrons. The third-order valence-corrected chi connectivity index (χ3v) is 4.95. The molecule has 1 atom stereocenters. The molecule has 0 fully saturated rings. The molecule has 0 unspecified atom stereocenters. The highest BCUT2D eigenvalue weighted by molar-refractivity contribution is 5.96. The number of pyridine rings is 1. The molecule has 6 nitrogen and oxygen atoms in total. The number of methoxy groups -OCH3 is 1. The Morgan fingerprint density at radius 1 is 1.26 bits per heavy atom. The highest BCUT2D eigenvalue weighted by Crippen LogP contribution is 2.30. The van der Waals surface area contributed by atoms with E-state index in [0.29, 0.717) is 11.4 Å². The van der Waals surface area contributed by atoms with Crippen LogP contribution in [0.5, 0.6) is 5.88 Å². The molecule has 1 aliphatic rings. The first-order valence-electron chi connectivity index (χ1n) is 9.14. The lowest BCUT2D eigenvalue weighted by molar-refractivity contribution is 0.0929. The van der Waals surface area contributed by atoms with E-state index in [1.54, 1.807) is 18.3 Å². The first kappa shape index (κ1) is 17.3. The van der Waals surface area contributed by atoms with Crippen molar-refractivity contribution in [3.63, 3.8) is 0 Å². The van der Waals surface area contributed by atoms with Gasteiger partial charge in [0.1, 0.15) is 5.56 Å². The van der Waals surface area contributed by atoms with E-state index in [0.717, 1.165) is 31.4 Å². The topological polar surface area (TPSA) is 69.0 Å². The monoisotopic (exact) mass is 362 g/mol. The SMILES string of the molecule is COc1ncccc1C(=O)N[C@@H]1CCCc2c1cnn2Cc1ccccc1. The lowest BCUT2D eigenvalue weighted by Crippen LogP contribution is -2.31. The van der Waals surface area contributed by atoms with Crippen LogP contribution in [-0.4, -0.2) is 27.8 Å². The van der Waals surface area contributed by atoms with Crippen molar-refractivity contribution in [1.82, 2.24) is 20.1 Å². The summed E-state index contributed by atoms with van der Waals surface area (Å²) in [5.74, 6) is 0.166. The Labute approximate surface area is 158 Å². The van der Waals surface area contributed by atoms with Crippen LogP contribution in [0.1, 0.15) is 46.1 Å². The molecule has 0 spiro atoms. The summed E-state index contributed by atoms with van der Waals surface area (Å²) in [6, 6.07) is 13.7. The van der Waals surface area contributed by atoms with Gasteiger partial charge in [-0.05, 0) is 37.0 Å². The average molecular weight is 362 g/mol. The quantitative estimate of drug-likeness (QED) is 0.757. The predicted octanol–water partition coefficient (Wildman–Crippen LogP) is 3.14. The fraction of sp³-hybridized carbons (Fsp3) is 0.286. The van der Waals surface area contributed by atoms with Gasteiger partial charge in [0.15, 0.2) is 0 Å². The number of hydrogen-bond donors (Lipinski definition) is 1. The van der Waals surface area contributed by atoms with Gasteiger partial charge in [-0.1, -0.05) is 30.3 Å². The fourth-order valence-corrected chi connectivity index (χ4v) is 3.62. The van der Waals surface area contributed by atoms with Crippen molar-refractivity contribution in [1.29, 1.82) is 0 Å². The maximum Gasteiger partial charge on any atom is 0.257 e. The molecular formula is C21H22N4O2. The summed E-state index contributed by atoms with van der Waals surface area (Å²) in [5, 5.41) is 7.72. The Bertz CT molecular complexity index is 936. The number of amides is 1. The Morgan fingerprint density at radius 2 is 2.11 bits per heavy atom. The number of fused-ring (bicyclic) bond motifs is 1. The third kappa shape index (κ3) is 3.56. The van der Waals surface area contributed by atoms with E-state index in [9.17, 15) is 4.79 Å². The second-order valence-corrected chi connectivity index (χ2v) is 6.67. The number of aromatic nitrogens is 3. The van der Waals surface area contributed by atoms with E-state index in [-0.39, 0.29) is 11.9 Å². The van der Waals surface area contributed by atoms with Gasteiger partial charge in [0.2, 0.25) is 5.88 Å². The summed E-state index contributed by atoms with van der Waals surface area (Å²) in [5.41, 5.74) is 3.97. The van der Waals surface area contributed by atoms with Gasteiger partial charge in [-0.25, -0.2) is 4.98 Å². The maximum atomic E-state index is 12.7. The fourth-order valence-electron chi connectivity index (χ4n) is 3.62. The van der Waals surface area contributed by atoms with Crippen LogP contribution in [0.3, 0.4) is 0 Å². The van der Waals surface area contributed by atoms with Crippen LogP contribution in [0.15, 0.2) is 54.9 Å². The van der Waals surface area contributed by atoms with E-state index < -0.39 is 0 Å². The highest BCUT2D eigenvalue weighted by atomic mass is 16.5. The molecule has 0 bridgehead atoms. The number of benzene rings is 1. The zero-order valence-corrected chi connectivity index (χ0v) is 15.3. The van der Waals surface area contributed by atoms with Crippen LogP contribution in [0, 0.1) is 0 Å². The number of rotatable bonds is 5. The van der Waals surface area contributed by atoms with Crippen LogP contribution >= 0.6 is 0 Å². The third-order valence-electron chi connectivity index (χ3n) is 4.95. The Morgan fingerprint density at radius 3 is 2.93 bits per heavy atom. The number of carbonyl (C=O) groups excluding carboxylic acids is 1. The molecular weight excluding hydrogens is 340 g/mol. The lowest BCUT2D eigenvalue weighted by Gasteiger charge is -2.24. The molecule has 0 saturated carbocycles. The number of nitrogens with zero attached hydrogens (tertiary/aromatic N) is 3. The molecule has 1 N–H and O–H groups in total. The van der Waals surface area contributed by atoms with E-state index in [2.05, 4.69) is 27.5 Å². The van der Waals surface area contributed by atoms with Gasteiger partial charge in [0, 0.05) is 17.5 Å². The molecule has 1 amide bonds. The van der Waals surface area contributed by atoms with Crippen LogP contribution in [0.2, 0.25) is 0 Å². The summed E-state index contributed by atoms with van der Waals surface area (Å²) in [6.07, 6.45) is 6.40. The molecule has 6 heteroatoms. The van der Waals surface area contributed by atoms with Crippen molar-refractivity contribution in [2.45, 2.75) is 31.8 Å². The zero-order valence-electron chi connectivity index (χ0n) is 15.3. The molecule has 0 saturated heterocycles. The molecule has 3 aromatic rings.